The second-order valence-corrected chi connectivity index (χ2v) is 7.95. The summed E-state index contributed by atoms with van der Waals surface area (Å²) in [5.41, 5.74) is 2.82. The third kappa shape index (κ3) is 6.02. The van der Waals surface area contributed by atoms with Crippen LogP contribution in [0.4, 0.5) is 4.39 Å². The van der Waals surface area contributed by atoms with Gasteiger partial charge in [0, 0.05) is 24.0 Å². The van der Waals surface area contributed by atoms with Crippen LogP contribution in [0.1, 0.15) is 44.8 Å². The molecule has 0 spiro atoms. The maximum Gasteiger partial charge on any atom is 0.181 e. The van der Waals surface area contributed by atoms with Crippen molar-refractivity contribution < 1.29 is 33.3 Å². The first-order valence-corrected chi connectivity index (χ1v) is 11.1. The minimum Gasteiger partial charge on any atom is -0.494 e. The van der Waals surface area contributed by atoms with Gasteiger partial charge >= 0.3 is 0 Å². The zero-order chi connectivity index (χ0) is 25.5. The van der Waals surface area contributed by atoms with E-state index < -0.39 is 0 Å². The summed E-state index contributed by atoms with van der Waals surface area (Å²) < 4.78 is 29.9. The summed E-state index contributed by atoms with van der Waals surface area (Å²) in [5, 5.41) is 8.92. The van der Waals surface area contributed by atoms with E-state index in [1.807, 2.05) is 0 Å². The fourth-order valence-electron chi connectivity index (χ4n) is 3.66. The molecule has 0 amide bonds. The van der Waals surface area contributed by atoms with Gasteiger partial charge in [-0.05, 0) is 67.4 Å². The first-order valence-electron chi connectivity index (χ1n) is 11.1. The number of rotatable bonds is 11. The lowest BCUT2D eigenvalue weighted by atomic mass is 10.0. The highest BCUT2D eigenvalue weighted by atomic mass is 19.1. The Bertz CT molecular complexity index is 1240. The average Bonchev–Trinajstić information content (AvgIpc) is 2.86. The molecule has 0 aliphatic heterocycles. The Labute approximate surface area is 203 Å². The molecule has 35 heavy (non-hydrogen) atoms. The molecule has 0 unspecified atom stereocenters. The van der Waals surface area contributed by atoms with Gasteiger partial charge < -0.3 is 19.3 Å². The molecule has 1 aromatic heterocycles. The van der Waals surface area contributed by atoms with Crippen molar-refractivity contribution in [3.8, 4) is 28.5 Å². The van der Waals surface area contributed by atoms with Crippen LogP contribution >= 0.6 is 0 Å². The van der Waals surface area contributed by atoms with Crippen LogP contribution in [0.15, 0.2) is 42.5 Å². The number of ketones is 2. The minimum absolute atomic E-state index is 0.0173. The largest absolute Gasteiger partial charge is 0.494 e. The summed E-state index contributed by atoms with van der Waals surface area (Å²) in [5.74, 6) is 0.418. The highest BCUT2D eigenvalue weighted by Gasteiger charge is 2.19. The molecule has 0 aliphatic rings. The van der Waals surface area contributed by atoms with Crippen LogP contribution in [0.3, 0.4) is 0 Å². The summed E-state index contributed by atoms with van der Waals surface area (Å²) in [6.45, 7) is 3.41. The fourth-order valence-corrected chi connectivity index (χ4v) is 3.66. The number of nitrogens with zero attached hydrogens (tertiary/aromatic N) is 1. The second-order valence-electron chi connectivity index (χ2n) is 7.95. The highest BCUT2D eigenvalue weighted by Crippen LogP contribution is 2.33. The summed E-state index contributed by atoms with van der Waals surface area (Å²) in [6, 6.07) is 10.9. The van der Waals surface area contributed by atoms with Crippen molar-refractivity contribution in [3.63, 3.8) is 0 Å². The third-order valence-corrected chi connectivity index (χ3v) is 5.49. The topological polar surface area (TPSA) is 95.0 Å². The molecule has 8 heteroatoms. The Kier molecular flexibility index (Phi) is 8.54. The van der Waals surface area contributed by atoms with Crippen molar-refractivity contribution in [3.05, 3.63) is 70.7 Å². The monoisotopic (exact) mass is 481 g/mol. The van der Waals surface area contributed by atoms with E-state index in [9.17, 15) is 14.0 Å². The van der Waals surface area contributed by atoms with Gasteiger partial charge in [0.15, 0.2) is 23.1 Å². The van der Waals surface area contributed by atoms with Crippen molar-refractivity contribution in [2.75, 3.05) is 27.4 Å². The SMILES string of the molecule is COc1cc(C(=O)CCC(=O)c2cc(C)c(OC)c(-c3ccc(F)c(C)c3)n2)ccc1OCCO. The Morgan fingerprint density at radius 2 is 1.66 bits per heavy atom. The van der Waals surface area contributed by atoms with Crippen LogP contribution in [-0.4, -0.2) is 49.1 Å². The number of pyridine rings is 1. The number of aryl methyl sites for hydroxylation is 2. The van der Waals surface area contributed by atoms with Crippen LogP contribution in [-0.2, 0) is 0 Å². The van der Waals surface area contributed by atoms with E-state index in [4.69, 9.17) is 19.3 Å². The maximum atomic E-state index is 13.8. The minimum atomic E-state index is -0.334. The lowest BCUT2D eigenvalue weighted by Gasteiger charge is -2.14. The standard InChI is InChI=1S/C27H28FNO6/c1-16-13-19(5-7-20(16)28)26-27(34-4)17(2)14-21(29-26)23(32)9-8-22(31)18-6-10-24(35-12-11-30)25(15-18)33-3/h5-7,10,13-15,30H,8-9,11-12H2,1-4H3. The zero-order valence-corrected chi connectivity index (χ0v) is 20.2. The van der Waals surface area contributed by atoms with E-state index in [2.05, 4.69) is 4.98 Å². The average molecular weight is 482 g/mol. The molecule has 3 aromatic rings. The van der Waals surface area contributed by atoms with Gasteiger partial charge in [-0.2, -0.15) is 0 Å². The maximum absolute atomic E-state index is 13.8. The van der Waals surface area contributed by atoms with Crippen molar-refractivity contribution in [2.24, 2.45) is 0 Å². The molecule has 1 heterocycles. The molecule has 1 N–H and O–H groups in total. The second kappa shape index (κ2) is 11.6. The van der Waals surface area contributed by atoms with Gasteiger partial charge in [-0.1, -0.05) is 0 Å². The predicted octanol–water partition coefficient (Wildman–Crippen LogP) is 4.74. The molecule has 0 radical (unpaired) electrons. The number of aliphatic hydroxyl groups excluding tert-OH is 1. The van der Waals surface area contributed by atoms with E-state index in [0.717, 1.165) is 0 Å². The molecule has 0 bridgehead atoms. The van der Waals surface area contributed by atoms with Gasteiger partial charge in [0.2, 0.25) is 0 Å². The van der Waals surface area contributed by atoms with Gasteiger partial charge in [0.1, 0.15) is 29.6 Å². The van der Waals surface area contributed by atoms with Gasteiger partial charge in [0.05, 0.1) is 20.8 Å². The molecular formula is C27H28FNO6. The number of methoxy groups -OCH3 is 2. The first kappa shape index (κ1) is 25.8. The Balaban J connectivity index is 1.79. The van der Waals surface area contributed by atoms with Crippen LogP contribution in [0.5, 0.6) is 17.2 Å². The van der Waals surface area contributed by atoms with E-state index >= 15 is 0 Å². The summed E-state index contributed by atoms with van der Waals surface area (Å²) in [4.78, 5) is 30.2. The van der Waals surface area contributed by atoms with Gasteiger partial charge in [-0.3, -0.25) is 9.59 Å². The third-order valence-electron chi connectivity index (χ3n) is 5.49. The molecule has 0 saturated carbocycles. The number of ether oxygens (including phenoxy) is 3. The number of aromatic nitrogens is 1. The van der Waals surface area contributed by atoms with Gasteiger partial charge in [-0.15, -0.1) is 0 Å². The van der Waals surface area contributed by atoms with Crippen molar-refractivity contribution in [2.45, 2.75) is 26.7 Å². The molecule has 0 atom stereocenters. The number of hydrogen-bond donors (Lipinski definition) is 1. The molecule has 3 rings (SSSR count). The van der Waals surface area contributed by atoms with Gasteiger partial charge in [0.25, 0.3) is 0 Å². The Morgan fingerprint density at radius 1 is 0.914 bits per heavy atom. The number of benzene rings is 2. The van der Waals surface area contributed by atoms with Crippen LogP contribution in [0.25, 0.3) is 11.3 Å². The summed E-state index contributed by atoms with van der Waals surface area (Å²) >= 11 is 0. The Morgan fingerprint density at radius 3 is 2.31 bits per heavy atom. The quantitative estimate of drug-likeness (QED) is 0.395. The van der Waals surface area contributed by atoms with Crippen molar-refractivity contribution in [1.29, 1.82) is 0 Å². The van der Waals surface area contributed by atoms with Gasteiger partial charge in [-0.25, -0.2) is 9.37 Å². The number of hydrogen-bond acceptors (Lipinski definition) is 7. The number of carbonyl (C=O) groups excluding carboxylic acids is 2. The molecule has 2 aromatic carbocycles. The summed E-state index contributed by atoms with van der Waals surface area (Å²) in [6.07, 6.45) is -0.0544. The lowest BCUT2D eigenvalue weighted by molar-refractivity contribution is 0.0914. The lowest BCUT2D eigenvalue weighted by Crippen LogP contribution is -2.09. The molecule has 0 aliphatic carbocycles. The summed E-state index contributed by atoms with van der Waals surface area (Å²) in [7, 11) is 2.97. The zero-order valence-electron chi connectivity index (χ0n) is 20.2. The normalized spacial score (nSPS) is 10.7. The predicted molar refractivity (Wildman–Crippen MR) is 129 cm³/mol. The Hall–Kier alpha value is -3.78. The number of halogens is 1. The van der Waals surface area contributed by atoms with Crippen molar-refractivity contribution >= 4 is 11.6 Å². The fraction of sp³-hybridized carbons (Fsp3) is 0.296. The van der Waals surface area contributed by atoms with E-state index in [1.54, 1.807) is 50.2 Å². The number of carbonyl (C=O) groups is 2. The molecule has 0 fully saturated rings. The van der Waals surface area contributed by atoms with E-state index in [-0.39, 0.29) is 49.1 Å². The number of aliphatic hydroxyl groups is 1. The smallest absolute Gasteiger partial charge is 0.181 e. The number of Topliss-reactive ketones (excluding diaryl/α,β-unsaturated/α-hetero) is 2. The molecule has 7 nitrogen and oxygen atoms in total. The first-order chi connectivity index (χ1) is 16.8. The van der Waals surface area contributed by atoms with Crippen LogP contribution < -0.4 is 14.2 Å². The highest BCUT2D eigenvalue weighted by molar-refractivity contribution is 6.02. The molecule has 0 saturated heterocycles. The molecular weight excluding hydrogens is 453 g/mol. The van der Waals surface area contributed by atoms with Crippen molar-refractivity contribution in [1.82, 2.24) is 4.98 Å². The molecule has 184 valence electrons. The van der Waals surface area contributed by atoms with E-state index in [0.29, 0.717) is 45.2 Å². The van der Waals surface area contributed by atoms with Crippen LogP contribution in [0, 0.1) is 19.7 Å². The van der Waals surface area contributed by atoms with Crippen LogP contribution in [0.2, 0.25) is 0 Å². The van der Waals surface area contributed by atoms with E-state index in [1.165, 1.54) is 20.3 Å².